The fourth-order valence-corrected chi connectivity index (χ4v) is 5.77. The molecule has 0 nitrogen and oxygen atoms in total. The highest BCUT2D eigenvalue weighted by atomic mass is 31.0. The molecule has 0 aromatic rings. The summed E-state index contributed by atoms with van der Waals surface area (Å²) in [5, 5.41) is 0.440. The molecule has 0 radical (unpaired) electrons. The Balaban J connectivity index is 2.97. The van der Waals surface area contributed by atoms with Crippen LogP contribution in [0.2, 0.25) is 0 Å². The summed E-state index contributed by atoms with van der Waals surface area (Å²) in [5.74, 6) is 2.50. The van der Waals surface area contributed by atoms with Gasteiger partial charge in [-0.25, -0.2) is 0 Å². The van der Waals surface area contributed by atoms with E-state index in [2.05, 4.69) is 50.8 Å². The highest BCUT2D eigenvalue weighted by Gasteiger charge is 2.47. The first-order chi connectivity index (χ1) is 6.17. The molecule has 1 saturated carbocycles. The van der Waals surface area contributed by atoms with Crippen molar-refractivity contribution in [3.63, 3.8) is 0 Å². The molecule has 4 unspecified atom stereocenters. The summed E-state index contributed by atoms with van der Waals surface area (Å²) in [6.45, 7) is 14.5. The SMILES string of the molecule is CC1CC(C)(C)C(C(C)C)C(C)(P)C1. The van der Waals surface area contributed by atoms with E-state index in [4.69, 9.17) is 0 Å². The second kappa shape index (κ2) is 3.78. The molecule has 0 aliphatic heterocycles. The fourth-order valence-electron chi connectivity index (χ4n) is 4.53. The maximum Gasteiger partial charge on any atom is -0.0140 e. The third kappa shape index (κ3) is 2.32. The van der Waals surface area contributed by atoms with Crippen molar-refractivity contribution in [2.75, 3.05) is 0 Å². The quantitative estimate of drug-likeness (QED) is 0.569. The Kier molecular flexibility index (Phi) is 3.37. The maximum atomic E-state index is 3.14. The first kappa shape index (κ1) is 12.5. The van der Waals surface area contributed by atoms with Crippen LogP contribution in [-0.4, -0.2) is 5.16 Å². The summed E-state index contributed by atoms with van der Waals surface area (Å²) in [7, 11) is 3.14. The van der Waals surface area contributed by atoms with Crippen molar-refractivity contribution < 1.29 is 0 Å². The molecule has 1 aliphatic rings. The van der Waals surface area contributed by atoms with Gasteiger partial charge in [-0.2, -0.15) is 0 Å². The van der Waals surface area contributed by atoms with Gasteiger partial charge in [-0.1, -0.05) is 41.5 Å². The molecule has 14 heavy (non-hydrogen) atoms. The van der Waals surface area contributed by atoms with Crippen molar-refractivity contribution in [2.24, 2.45) is 23.2 Å². The molecule has 0 saturated heterocycles. The molecule has 0 heterocycles. The molecule has 0 N–H and O–H groups in total. The maximum absolute atomic E-state index is 3.14. The fraction of sp³-hybridized carbons (Fsp3) is 1.00. The molecule has 1 aliphatic carbocycles. The van der Waals surface area contributed by atoms with E-state index in [-0.39, 0.29) is 0 Å². The molecule has 0 aromatic carbocycles. The second-order valence-electron chi connectivity index (χ2n) is 6.73. The van der Waals surface area contributed by atoms with Gasteiger partial charge in [0.15, 0.2) is 0 Å². The minimum atomic E-state index is 0.440. The van der Waals surface area contributed by atoms with Crippen LogP contribution < -0.4 is 0 Å². The van der Waals surface area contributed by atoms with E-state index in [9.17, 15) is 0 Å². The molecule has 1 fully saturated rings. The van der Waals surface area contributed by atoms with Gasteiger partial charge in [0, 0.05) is 0 Å². The van der Waals surface area contributed by atoms with E-state index in [1.165, 1.54) is 12.8 Å². The van der Waals surface area contributed by atoms with Crippen molar-refractivity contribution >= 4 is 9.24 Å². The van der Waals surface area contributed by atoms with E-state index in [0.717, 1.165) is 17.8 Å². The monoisotopic (exact) mass is 214 g/mol. The molecule has 0 amide bonds. The van der Waals surface area contributed by atoms with Crippen molar-refractivity contribution in [1.82, 2.24) is 0 Å². The third-order valence-electron chi connectivity index (χ3n) is 3.88. The van der Waals surface area contributed by atoms with Crippen LogP contribution >= 0.6 is 9.24 Å². The van der Waals surface area contributed by atoms with Crippen LogP contribution in [0.15, 0.2) is 0 Å². The van der Waals surface area contributed by atoms with E-state index >= 15 is 0 Å². The largest absolute Gasteiger partial charge is 0.131 e. The van der Waals surface area contributed by atoms with Gasteiger partial charge in [0.25, 0.3) is 0 Å². The summed E-state index contributed by atoms with van der Waals surface area (Å²) in [6, 6.07) is 0. The van der Waals surface area contributed by atoms with E-state index in [1.54, 1.807) is 0 Å². The van der Waals surface area contributed by atoms with E-state index in [1.807, 2.05) is 0 Å². The van der Waals surface area contributed by atoms with Crippen LogP contribution in [0.1, 0.15) is 54.4 Å². The van der Waals surface area contributed by atoms with E-state index in [0.29, 0.717) is 10.6 Å². The molecule has 1 heteroatoms. The lowest BCUT2D eigenvalue weighted by Gasteiger charge is -2.53. The Morgan fingerprint density at radius 1 is 1.14 bits per heavy atom. The molecular formula is C13H27P. The lowest BCUT2D eigenvalue weighted by molar-refractivity contribution is 0.0365. The topological polar surface area (TPSA) is 0 Å². The van der Waals surface area contributed by atoms with Gasteiger partial charge in [-0.05, 0) is 41.2 Å². The molecule has 1 rings (SSSR count). The second-order valence-corrected chi connectivity index (χ2v) is 8.05. The zero-order chi connectivity index (χ0) is 11.1. The highest BCUT2D eigenvalue weighted by molar-refractivity contribution is 7.19. The Morgan fingerprint density at radius 3 is 2.00 bits per heavy atom. The van der Waals surface area contributed by atoms with E-state index < -0.39 is 0 Å². The van der Waals surface area contributed by atoms with Gasteiger partial charge in [0.1, 0.15) is 0 Å². The van der Waals surface area contributed by atoms with Crippen LogP contribution in [0, 0.1) is 23.2 Å². The van der Waals surface area contributed by atoms with Crippen LogP contribution in [0.3, 0.4) is 0 Å². The average molecular weight is 214 g/mol. The van der Waals surface area contributed by atoms with Crippen LogP contribution in [0.5, 0.6) is 0 Å². The van der Waals surface area contributed by atoms with Gasteiger partial charge in [0.2, 0.25) is 0 Å². The first-order valence-electron chi connectivity index (χ1n) is 5.96. The Morgan fingerprint density at radius 2 is 1.64 bits per heavy atom. The van der Waals surface area contributed by atoms with Crippen molar-refractivity contribution in [3.05, 3.63) is 0 Å². The van der Waals surface area contributed by atoms with Gasteiger partial charge >= 0.3 is 0 Å². The number of rotatable bonds is 1. The van der Waals surface area contributed by atoms with Gasteiger partial charge in [-0.15, -0.1) is 9.24 Å². The molecule has 84 valence electrons. The Labute approximate surface area is 92.4 Å². The zero-order valence-corrected chi connectivity index (χ0v) is 11.9. The lowest BCUT2D eigenvalue weighted by atomic mass is 9.57. The van der Waals surface area contributed by atoms with Crippen molar-refractivity contribution in [2.45, 2.75) is 59.5 Å². The van der Waals surface area contributed by atoms with Gasteiger partial charge in [-0.3, -0.25) is 0 Å². The highest BCUT2D eigenvalue weighted by Crippen LogP contribution is 2.55. The molecule has 4 atom stereocenters. The number of hydrogen-bond donors (Lipinski definition) is 0. The Hall–Kier alpha value is 0.430. The summed E-state index contributed by atoms with van der Waals surface area (Å²) in [4.78, 5) is 0. The number of hydrogen-bond acceptors (Lipinski definition) is 0. The summed E-state index contributed by atoms with van der Waals surface area (Å²) in [5.41, 5.74) is 0.502. The summed E-state index contributed by atoms with van der Waals surface area (Å²) in [6.07, 6.45) is 2.75. The van der Waals surface area contributed by atoms with Crippen LogP contribution in [0.25, 0.3) is 0 Å². The molecule has 0 bridgehead atoms. The molecule has 0 spiro atoms. The predicted molar refractivity (Wildman–Crippen MR) is 68.6 cm³/mol. The minimum absolute atomic E-state index is 0.440. The molecular weight excluding hydrogens is 187 g/mol. The lowest BCUT2D eigenvalue weighted by Crippen LogP contribution is -2.48. The van der Waals surface area contributed by atoms with Crippen molar-refractivity contribution in [3.8, 4) is 0 Å². The standard InChI is InChI=1S/C13H27P/c1-9(2)11-12(4,5)7-10(3)8-13(11,6)14/h9-11H,7-8,14H2,1-6H3. The average Bonchev–Trinajstić information content (AvgIpc) is 1.75. The normalized spacial score (nSPS) is 42.9. The minimum Gasteiger partial charge on any atom is -0.131 e. The van der Waals surface area contributed by atoms with Crippen LogP contribution in [-0.2, 0) is 0 Å². The van der Waals surface area contributed by atoms with Gasteiger partial charge < -0.3 is 0 Å². The molecule has 0 aromatic heterocycles. The third-order valence-corrected chi connectivity index (χ3v) is 4.48. The van der Waals surface area contributed by atoms with Crippen LogP contribution in [0.4, 0.5) is 0 Å². The Bertz CT molecular complexity index is 185. The zero-order valence-electron chi connectivity index (χ0n) is 10.7. The first-order valence-corrected chi connectivity index (χ1v) is 6.53. The smallest absolute Gasteiger partial charge is 0.0140 e. The summed E-state index contributed by atoms with van der Waals surface area (Å²) >= 11 is 0. The van der Waals surface area contributed by atoms with Gasteiger partial charge in [0.05, 0.1) is 0 Å². The predicted octanol–water partition coefficient (Wildman–Crippen LogP) is 4.35. The summed E-state index contributed by atoms with van der Waals surface area (Å²) < 4.78 is 0. The van der Waals surface area contributed by atoms with Crippen molar-refractivity contribution in [1.29, 1.82) is 0 Å².